The molecule has 3 heterocycles. The maximum Gasteiger partial charge on any atom is 0.226 e. The van der Waals surface area contributed by atoms with Gasteiger partial charge < -0.3 is 35.4 Å². The standard InChI is InChI=1S/C26H29IN6O5/c27-18-8-4-7-17(11-18)12-29-23-20-24(33(15-30-20)25-22(36)21(35)19(13-34)38-25)32-26(31-23)28-9-10-37-14-16-5-2-1-3-6-16/h1-8,11,15,19,21-22,25,34-36H,9-10,12-14H2,(H2,28,29,31,32)/t19-,21-,22-,25-/m1/s1. The largest absolute Gasteiger partial charge is 0.394 e. The van der Waals surface area contributed by atoms with E-state index < -0.39 is 31.1 Å². The van der Waals surface area contributed by atoms with Crippen LogP contribution in [-0.4, -0.2) is 72.9 Å². The second-order valence-electron chi connectivity index (χ2n) is 8.90. The number of fused-ring (bicyclic) bond motifs is 1. The van der Waals surface area contributed by atoms with Crippen molar-refractivity contribution in [1.29, 1.82) is 0 Å². The summed E-state index contributed by atoms with van der Waals surface area (Å²) < 4.78 is 14.2. The number of anilines is 2. The lowest BCUT2D eigenvalue weighted by Crippen LogP contribution is -2.33. The Labute approximate surface area is 233 Å². The summed E-state index contributed by atoms with van der Waals surface area (Å²) in [5, 5.41) is 36.9. The molecule has 4 aromatic rings. The highest BCUT2D eigenvalue weighted by Crippen LogP contribution is 2.33. The van der Waals surface area contributed by atoms with Crippen LogP contribution in [0.4, 0.5) is 11.8 Å². The maximum atomic E-state index is 10.6. The third-order valence-corrected chi connectivity index (χ3v) is 6.87. The van der Waals surface area contributed by atoms with E-state index in [0.29, 0.717) is 49.2 Å². The summed E-state index contributed by atoms with van der Waals surface area (Å²) in [6.07, 6.45) is -2.88. The molecule has 0 bridgehead atoms. The number of hydrogen-bond donors (Lipinski definition) is 5. The normalized spacial score (nSPS) is 21.2. The van der Waals surface area contributed by atoms with Gasteiger partial charge in [0.05, 0.1) is 26.1 Å². The van der Waals surface area contributed by atoms with Crippen LogP contribution < -0.4 is 10.6 Å². The molecule has 0 radical (unpaired) electrons. The number of halogens is 1. The van der Waals surface area contributed by atoms with E-state index in [1.165, 1.54) is 6.33 Å². The van der Waals surface area contributed by atoms with Crippen LogP contribution in [0.25, 0.3) is 11.2 Å². The van der Waals surface area contributed by atoms with Gasteiger partial charge in [0.2, 0.25) is 5.95 Å². The minimum Gasteiger partial charge on any atom is -0.394 e. The Hall–Kier alpha value is -2.88. The van der Waals surface area contributed by atoms with E-state index in [2.05, 4.69) is 54.2 Å². The van der Waals surface area contributed by atoms with Crippen LogP contribution in [0.5, 0.6) is 0 Å². The quantitative estimate of drug-likeness (QED) is 0.123. The predicted molar refractivity (Wildman–Crippen MR) is 149 cm³/mol. The summed E-state index contributed by atoms with van der Waals surface area (Å²) >= 11 is 2.27. The van der Waals surface area contributed by atoms with Gasteiger partial charge in [0.25, 0.3) is 0 Å². The molecule has 11 nitrogen and oxygen atoms in total. The number of nitrogens with one attached hydrogen (secondary N) is 2. The highest BCUT2D eigenvalue weighted by molar-refractivity contribution is 14.1. The Morgan fingerprint density at radius 2 is 1.82 bits per heavy atom. The summed E-state index contributed by atoms with van der Waals surface area (Å²) in [5.41, 5.74) is 3.07. The first-order valence-corrected chi connectivity index (χ1v) is 13.3. The summed E-state index contributed by atoms with van der Waals surface area (Å²) in [5.74, 6) is 0.853. The highest BCUT2D eigenvalue weighted by atomic mass is 127. The van der Waals surface area contributed by atoms with Gasteiger partial charge in [-0.25, -0.2) is 4.98 Å². The monoisotopic (exact) mass is 632 g/mol. The molecule has 12 heteroatoms. The lowest BCUT2D eigenvalue weighted by atomic mass is 10.1. The number of ether oxygens (including phenoxy) is 2. The molecule has 1 aliphatic heterocycles. The Bertz CT molecular complexity index is 1360. The van der Waals surface area contributed by atoms with Crippen molar-refractivity contribution in [1.82, 2.24) is 19.5 Å². The van der Waals surface area contributed by atoms with Crippen molar-refractivity contribution in [2.45, 2.75) is 37.7 Å². The molecule has 5 rings (SSSR count). The van der Waals surface area contributed by atoms with Crippen molar-refractivity contribution in [2.24, 2.45) is 0 Å². The zero-order valence-electron chi connectivity index (χ0n) is 20.4. The van der Waals surface area contributed by atoms with Gasteiger partial charge in [0, 0.05) is 16.7 Å². The fourth-order valence-corrected chi connectivity index (χ4v) is 4.85. The fourth-order valence-electron chi connectivity index (χ4n) is 4.25. The van der Waals surface area contributed by atoms with Gasteiger partial charge in [-0.1, -0.05) is 42.5 Å². The van der Waals surface area contributed by atoms with E-state index in [-0.39, 0.29) is 0 Å². The van der Waals surface area contributed by atoms with Crippen LogP contribution in [0, 0.1) is 3.57 Å². The molecule has 38 heavy (non-hydrogen) atoms. The molecule has 2 aromatic heterocycles. The topological polar surface area (TPSA) is 147 Å². The molecule has 0 aliphatic carbocycles. The number of aliphatic hydroxyl groups is 3. The maximum absolute atomic E-state index is 10.6. The van der Waals surface area contributed by atoms with Crippen LogP contribution in [0.3, 0.4) is 0 Å². The van der Waals surface area contributed by atoms with Crippen molar-refractivity contribution in [3.05, 3.63) is 75.6 Å². The Morgan fingerprint density at radius 1 is 1.00 bits per heavy atom. The molecule has 4 atom stereocenters. The third-order valence-electron chi connectivity index (χ3n) is 6.20. The summed E-state index contributed by atoms with van der Waals surface area (Å²) in [4.78, 5) is 13.7. The lowest BCUT2D eigenvalue weighted by Gasteiger charge is -2.17. The number of imidazole rings is 1. The molecule has 1 fully saturated rings. The average Bonchev–Trinajstić information content (AvgIpc) is 3.48. The summed E-state index contributed by atoms with van der Waals surface area (Å²) in [7, 11) is 0. The zero-order valence-corrected chi connectivity index (χ0v) is 22.6. The zero-order chi connectivity index (χ0) is 26.5. The first kappa shape index (κ1) is 26.7. The first-order valence-electron chi connectivity index (χ1n) is 12.2. The molecule has 1 aliphatic rings. The Morgan fingerprint density at radius 3 is 2.58 bits per heavy atom. The van der Waals surface area contributed by atoms with Crippen molar-refractivity contribution >= 4 is 45.5 Å². The van der Waals surface area contributed by atoms with E-state index in [1.54, 1.807) is 4.57 Å². The van der Waals surface area contributed by atoms with Gasteiger partial charge in [0.1, 0.15) is 18.3 Å². The molecule has 5 N–H and O–H groups in total. The number of aliphatic hydroxyl groups excluding tert-OH is 3. The molecule has 1 saturated heterocycles. The molecule has 2 aromatic carbocycles. The third kappa shape index (κ3) is 6.06. The van der Waals surface area contributed by atoms with E-state index in [0.717, 1.165) is 14.7 Å². The van der Waals surface area contributed by atoms with Gasteiger partial charge in [-0.3, -0.25) is 4.57 Å². The predicted octanol–water partition coefficient (Wildman–Crippen LogP) is 2.28. The number of rotatable bonds is 11. The minimum atomic E-state index is -1.26. The van der Waals surface area contributed by atoms with Gasteiger partial charge in [-0.15, -0.1) is 0 Å². The van der Waals surface area contributed by atoms with Gasteiger partial charge in [0.15, 0.2) is 23.2 Å². The molecule has 0 spiro atoms. The number of benzene rings is 2. The number of aromatic nitrogens is 4. The van der Waals surface area contributed by atoms with Crippen LogP contribution in [0.15, 0.2) is 60.9 Å². The van der Waals surface area contributed by atoms with Crippen molar-refractivity contribution in [2.75, 3.05) is 30.4 Å². The summed E-state index contributed by atoms with van der Waals surface area (Å²) in [6.45, 7) is 1.51. The van der Waals surface area contributed by atoms with Crippen LogP contribution in [0.1, 0.15) is 17.4 Å². The first-order chi connectivity index (χ1) is 18.5. The van der Waals surface area contributed by atoms with Gasteiger partial charge in [-0.05, 0) is 45.9 Å². The molecule has 0 amide bonds. The van der Waals surface area contributed by atoms with Crippen molar-refractivity contribution < 1.29 is 24.8 Å². The van der Waals surface area contributed by atoms with Gasteiger partial charge >= 0.3 is 0 Å². The molecule has 200 valence electrons. The number of hydrogen-bond acceptors (Lipinski definition) is 10. The number of nitrogens with zero attached hydrogens (tertiary/aromatic N) is 4. The minimum absolute atomic E-state index is 0.347. The second kappa shape index (κ2) is 12.3. The van der Waals surface area contributed by atoms with E-state index in [4.69, 9.17) is 9.47 Å². The van der Waals surface area contributed by atoms with E-state index >= 15 is 0 Å². The van der Waals surface area contributed by atoms with Crippen LogP contribution in [-0.2, 0) is 22.6 Å². The Kier molecular flexibility index (Phi) is 8.66. The smallest absolute Gasteiger partial charge is 0.226 e. The fraction of sp³-hybridized carbons (Fsp3) is 0.346. The van der Waals surface area contributed by atoms with E-state index in [1.807, 2.05) is 48.5 Å². The molecular formula is C26H29IN6O5. The van der Waals surface area contributed by atoms with Crippen LogP contribution in [0.2, 0.25) is 0 Å². The lowest BCUT2D eigenvalue weighted by molar-refractivity contribution is -0.0511. The second-order valence-corrected chi connectivity index (χ2v) is 10.1. The highest BCUT2D eigenvalue weighted by Gasteiger charge is 2.44. The molecular weight excluding hydrogens is 603 g/mol. The van der Waals surface area contributed by atoms with Crippen molar-refractivity contribution in [3.63, 3.8) is 0 Å². The average molecular weight is 632 g/mol. The van der Waals surface area contributed by atoms with Crippen molar-refractivity contribution in [3.8, 4) is 0 Å². The SMILES string of the molecule is OC[C@H]1O[C@@H](n2cnc3c(NCc4cccc(I)c4)nc(NCCOCc4ccccc4)nc32)[C@H](O)[C@@H]1O. The summed E-state index contributed by atoms with van der Waals surface area (Å²) in [6, 6.07) is 18.0. The molecule has 0 unspecified atom stereocenters. The Balaban J connectivity index is 1.36. The van der Waals surface area contributed by atoms with Crippen LogP contribution >= 0.6 is 22.6 Å². The molecule has 0 saturated carbocycles. The van der Waals surface area contributed by atoms with E-state index in [9.17, 15) is 15.3 Å². The van der Waals surface area contributed by atoms with Gasteiger partial charge in [-0.2, -0.15) is 9.97 Å².